The van der Waals surface area contributed by atoms with Crippen LogP contribution in [0, 0.1) is 12.7 Å². The molecule has 0 radical (unpaired) electrons. The Morgan fingerprint density at radius 1 is 1.43 bits per heavy atom. The van der Waals surface area contributed by atoms with Crippen LogP contribution in [0.3, 0.4) is 0 Å². The van der Waals surface area contributed by atoms with Crippen LogP contribution in [0.5, 0.6) is 0 Å². The fourth-order valence-electron chi connectivity index (χ4n) is 2.55. The summed E-state index contributed by atoms with van der Waals surface area (Å²) in [4.78, 5) is 14.0. The van der Waals surface area contributed by atoms with Crippen LogP contribution in [0.2, 0.25) is 0 Å². The van der Waals surface area contributed by atoms with Gasteiger partial charge >= 0.3 is 0 Å². The minimum absolute atomic E-state index is 0.153. The quantitative estimate of drug-likeness (QED) is 0.899. The Bertz CT molecular complexity index is 517. The molecule has 2 rings (SSSR count). The molecule has 1 fully saturated rings. The van der Waals surface area contributed by atoms with Crippen LogP contribution in [0.15, 0.2) is 18.2 Å². The molecule has 4 nitrogen and oxygen atoms in total. The first-order valence-electron chi connectivity index (χ1n) is 7.36. The molecular formula is C16H23FN2O2. The smallest absolute Gasteiger partial charge is 0.238 e. The maximum Gasteiger partial charge on any atom is 0.238 e. The standard InChI is InChI=1S/C16H23FN2O2/c1-12-4-5-13(10-14(12)17)18-15(20)11-19-8-3-6-16(2,21)7-9-19/h4-5,10,21H,3,6-9,11H2,1-2H3,(H,18,20). The van der Waals surface area contributed by atoms with E-state index in [4.69, 9.17) is 0 Å². The van der Waals surface area contributed by atoms with Crippen molar-refractivity contribution in [2.24, 2.45) is 0 Å². The van der Waals surface area contributed by atoms with Crippen molar-refractivity contribution < 1.29 is 14.3 Å². The highest BCUT2D eigenvalue weighted by Crippen LogP contribution is 2.21. The lowest BCUT2D eigenvalue weighted by Crippen LogP contribution is -2.35. The maximum absolute atomic E-state index is 13.4. The summed E-state index contributed by atoms with van der Waals surface area (Å²) in [5.41, 5.74) is 0.401. The van der Waals surface area contributed by atoms with Crippen LogP contribution in [0.1, 0.15) is 31.7 Å². The summed E-state index contributed by atoms with van der Waals surface area (Å²) in [5.74, 6) is -0.474. The number of hydrogen-bond acceptors (Lipinski definition) is 3. The summed E-state index contributed by atoms with van der Waals surface area (Å²) in [6.07, 6.45) is 2.30. The number of carbonyl (C=O) groups is 1. The molecule has 1 heterocycles. The number of likely N-dealkylation sites (tertiary alicyclic amines) is 1. The third-order valence-electron chi connectivity index (χ3n) is 3.98. The van der Waals surface area contributed by atoms with Crippen molar-refractivity contribution in [3.05, 3.63) is 29.6 Å². The molecular weight excluding hydrogens is 271 g/mol. The predicted molar refractivity (Wildman–Crippen MR) is 80.7 cm³/mol. The monoisotopic (exact) mass is 294 g/mol. The summed E-state index contributed by atoms with van der Waals surface area (Å²) in [6, 6.07) is 4.68. The lowest BCUT2D eigenvalue weighted by atomic mass is 9.98. The average Bonchev–Trinajstić information content (AvgIpc) is 2.55. The van der Waals surface area contributed by atoms with Crippen molar-refractivity contribution in [3.63, 3.8) is 0 Å². The minimum atomic E-state index is -0.634. The number of nitrogens with one attached hydrogen (secondary N) is 1. The lowest BCUT2D eigenvalue weighted by molar-refractivity contribution is -0.117. The van der Waals surface area contributed by atoms with Gasteiger partial charge in [0.05, 0.1) is 12.1 Å². The highest BCUT2D eigenvalue weighted by molar-refractivity contribution is 5.92. The van der Waals surface area contributed by atoms with Crippen molar-refractivity contribution in [2.45, 2.75) is 38.7 Å². The summed E-state index contributed by atoms with van der Waals surface area (Å²) in [7, 11) is 0. The zero-order valence-corrected chi connectivity index (χ0v) is 12.7. The molecule has 1 aromatic rings. The van der Waals surface area contributed by atoms with E-state index in [2.05, 4.69) is 5.32 Å². The van der Waals surface area contributed by atoms with Gasteiger partial charge in [-0.2, -0.15) is 0 Å². The number of anilines is 1. The molecule has 0 saturated carbocycles. The van der Waals surface area contributed by atoms with Gasteiger partial charge in [-0.1, -0.05) is 6.07 Å². The Morgan fingerprint density at radius 2 is 2.19 bits per heavy atom. The van der Waals surface area contributed by atoms with Crippen LogP contribution in [0.4, 0.5) is 10.1 Å². The van der Waals surface area contributed by atoms with Crippen LogP contribution in [0.25, 0.3) is 0 Å². The number of benzene rings is 1. The van der Waals surface area contributed by atoms with Gasteiger partial charge in [-0.15, -0.1) is 0 Å². The number of aryl methyl sites for hydroxylation is 1. The van der Waals surface area contributed by atoms with Crippen LogP contribution in [-0.4, -0.2) is 41.1 Å². The molecule has 1 aliphatic heterocycles. The maximum atomic E-state index is 13.4. The predicted octanol–water partition coefficient (Wildman–Crippen LogP) is 2.31. The van der Waals surface area contributed by atoms with E-state index in [1.807, 2.05) is 11.8 Å². The van der Waals surface area contributed by atoms with Crippen molar-refractivity contribution >= 4 is 11.6 Å². The van der Waals surface area contributed by atoms with Crippen LogP contribution >= 0.6 is 0 Å². The Kier molecular flexibility index (Phi) is 4.96. The number of halogens is 1. The fourth-order valence-corrected chi connectivity index (χ4v) is 2.55. The topological polar surface area (TPSA) is 52.6 Å². The third-order valence-corrected chi connectivity index (χ3v) is 3.98. The van der Waals surface area contributed by atoms with Crippen LogP contribution in [-0.2, 0) is 4.79 Å². The van der Waals surface area contributed by atoms with Gasteiger partial charge in [-0.05, 0) is 57.4 Å². The number of hydrogen-bond donors (Lipinski definition) is 2. The van der Waals surface area contributed by atoms with E-state index in [1.165, 1.54) is 6.07 Å². The summed E-state index contributed by atoms with van der Waals surface area (Å²) < 4.78 is 13.4. The van der Waals surface area contributed by atoms with E-state index in [0.717, 1.165) is 19.4 Å². The van der Waals surface area contributed by atoms with Gasteiger partial charge < -0.3 is 10.4 Å². The number of amides is 1. The number of rotatable bonds is 3. The molecule has 116 valence electrons. The Labute approximate surface area is 125 Å². The third kappa shape index (κ3) is 4.79. The lowest BCUT2D eigenvalue weighted by Gasteiger charge is -2.22. The molecule has 1 atom stereocenters. The molecule has 2 N–H and O–H groups in total. The minimum Gasteiger partial charge on any atom is -0.390 e. The summed E-state index contributed by atoms with van der Waals surface area (Å²) in [5, 5.41) is 12.7. The zero-order valence-electron chi connectivity index (χ0n) is 12.7. The zero-order chi connectivity index (χ0) is 15.5. The molecule has 1 aliphatic rings. The molecule has 1 aromatic carbocycles. The number of carbonyl (C=O) groups excluding carboxylic acids is 1. The largest absolute Gasteiger partial charge is 0.390 e. The molecule has 0 aromatic heterocycles. The normalized spacial score (nSPS) is 23.6. The van der Waals surface area contributed by atoms with Crippen LogP contribution < -0.4 is 5.32 Å². The first-order valence-corrected chi connectivity index (χ1v) is 7.36. The highest BCUT2D eigenvalue weighted by Gasteiger charge is 2.25. The molecule has 5 heteroatoms. The van der Waals surface area contributed by atoms with Gasteiger partial charge in [0.2, 0.25) is 5.91 Å². The summed E-state index contributed by atoms with van der Waals surface area (Å²) >= 11 is 0. The average molecular weight is 294 g/mol. The second kappa shape index (κ2) is 6.54. The van der Waals surface area contributed by atoms with Crippen molar-refractivity contribution in [3.8, 4) is 0 Å². The Hall–Kier alpha value is -1.46. The first-order chi connectivity index (χ1) is 9.85. The second-order valence-corrected chi connectivity index (χ2v) is 6.14. The van der Waals surface area contributed by atoms with Gasteiger partial charge in [0.25, 0.3) is 0 Å². The molecule has 1 unspecified atom stereocenters. The second-order valence-electron chi connectivity index (χ2n) is 6.14. The van der Waals surface area contributed by atoms with E-state index in [-0.39, 0.29) is 18.3 Å². The molecule has 0 spiro atoms. The van der Waals surface area contributed by atoms with Gasteiger partial charge in [0.1, 0.15) is 5.82 Å². The highest BCUT2D eigenvalue weighted by atomic mass is 19.1. The molecule has 21 heavy (non-hydrogen) atoms. The molecule has 1 amide bonds. The van der Waals surface area contributed by atoms with E-state index >= 15 is 0 Å². The Morgan fingerprint density at radius 3 is 2.90 bits per heavy atom. The number of nitrogens with zero attached hydrogens (tertiary/aromatic N) is 1. The van der Waals surface area contributed by atoms with Gasteiger partial charge in [0, 0.05) is 12.2 Å². The van der Waals surface area contributed by atoms with Gasteiger partial charge in [-0.3, -0.25) is 9.69 Å². The number of aliphatic hydroxyl groups is 1. The fraction of sp³-hybridized carbons (Fsp3) is 0.562. The molecule has 0 bridgehead atoms. The van der Waals surface area contributed by atoms with Crippen molar-refractivity contribution in [2.75, 3.05) is 25.0 Å². The van der Waals surface area contributed by atoms with Crippen molar-refractivity contribution in [1.29, 1.82) is 0 Å². The van der Waals surface area contributed by atoms with Gasteiger partial charge in [0.15, 0.2) is 0 Å². The van der Waals surface area contributed by atoms with Gasteiger partial charge in [-0.25, -0.2) is 4.39 Å². The molecule has 0 aliphatic carbocycles. The Balaban J connectivity index is 1.88. The van der Waals surface area contributed by atoms with E-state index in [0.29, 0.717) is 24.2 Å². The van der Waals surface area contributed by atoms with E-state index < -0.39 is 5.60 Å². The van der Waals surface area contributed by atoms with E-state index in [1.54, 1.807) is 19.1 Å². The van der Waals surface area contributed by atoms with Crippen molar-refractivity contribution in [1.82, 2.24) is 4.90 Å². The summed E-state index contributed by atoms with van der Waals surface area (Å²) in [6.45, 7) is 5.29. The molecule has 1 saturated heterocycles. The SMILES string of the molecule is Cc1ccc(NC(=O)CN2CCCC(C)(O)CC2)cc1F. The first kappa shape index (κ1) is 15.9. The van der Waals surface area contributed by atoms with E-state index in [9.17, 15) is 14.3 Å².